The molecule has 27 heavy (non-hydrogen) atoms. The zero-order valence-corrected chi connectivity index (χ0v) is 17.3. The average molecular weight is 407 g/mol. The van der Waals surface area contributed by atoms with Crippen LogP contribution >= 0.6 is 11.8 Å². The molecule has 0 saturated carbocycles. The lowest BCUT2D eigenvalue weighted by Gasteiger charge is -2.44. The van der Waals surface area contributed by atoms with Gasteiger partial charge in [0.15, 0.2) is 0 Å². The van der Waals surface area contributed by atoms with Crippen LogP contribution in [0.5, 0.6) is 0 Å². The minimum absolute atomic E-state index is 0.223. The largest absolute Gasteiger partial charge is 0.391 e. The highest BCUT2D eigenvalue weighted by Gasteiger charge is 2.48. The summed E-state index contributed by atoms with van der Waals surface area (Å²) in [6.07, 6.45) is -1.50. The van der Waals surface area contributed by atoms with Crippen LogP contribution in [0.25, 0.3) is 0 Å². The molecule has 9 atom stereocenters. The third-order valence-electron chi connectivity index (χ3n) is 5.66. The summed E-state index contributed by atoms with van der Waals surface area (Å²) in [5.41, 5.74) is -0.755. The molecule has 2 heterocycles. The second-order valence-corrected chi connectivity index (χ2v) is 8.73. The summed E-state index contributed by atoms with van der Waals surface area (Å²) in [7, 11) is 1.91. The van der Waals surface area contributed by atoms with E-state index < -0.39 is 42.0 Å². The van der Waals surface area contributed by atoms with Gasteiger partial charge in [0.25, 0.3) is 0 Å². The van der Waals surface area contributed by atoms with Crippen LogP contribution in [0.15, 0.2) is 0 Å². The molecule has 2 rings (SSSR count). The molecule has 0 aliphatic carbocycles. The van der Waals surface area contributed by atoms with Crippen LogP contribution in [0.2, 0.25) is 0 Å². The van der Waals surface area contributed by atoms with Crippen LogP contribution in [0.4, 0.5) is 0 Å². The van der Waals surface area contributed by atoms with Gasteiger partial charge in [0.05, 0.1) is 18.2 Å². The lowest BCUT2D eigenvalue weighted by Crippen LogP contribution is -2.65. The molecule has 2 aliphatic rings. The van der Waals surface area contributed by atoms with Crippen molar-refractivity contribution in [3.63, 3.8) is 0 Å². The van der Waals surface area contributed by atoms with E-state index in [1.165, 1.54) is 18.7 Å². The summed E-state index contributed by atoms with van der Waals surface area (Å²) in [6.45, 7) is 4.48. The Labute approximate surface area is 165 Å². The molecular formula is C18H34N2O6S. The average Bonchev–Trinajstić information content (AvgIpc) is 2.99. The molecule has 9 heteroatoms. The van der Waals surface area contributed by atoms with E-state index in [-0.39, 0.29) is 11.9 Å². The fraction of sp³-hybridized carbons (Fsp3) is 0.944. The van der Waals surface area contributed by atoms with E-state index >= 15 is 0 Å². The molecular weight excluding hydrogens is 372 g/mol. The summed E-state index contributed by atoms with van der Waals surface area (Å²) < 4.78 is 5.72. The van der Waals surface area contributed by atoms with E-state index in [1.54, 1.807) is 6.26 Å². The number of thioether (sulfide) groups is 1. The number of likely N-dealkylation sites (tertiary alicyclic amines) is 1. The summed E-state index contributed by atoms with van der Waals surface area (Å²) in [5.74, 6) is 0.245. The zero-order valence-electron chi connectivity index (χ0n) is 16.5. The number of aliphatic hydroxyl groups is 4. The van der Waals surface area contributed by atoms with Gasteiger partial charge >= 0.3 is 0 Å². The first kappa shape index (κ1) is 22.9. The van der Waals surface area contributed by atoms with Crippen molar-refractivity contribution < 1.29 is 30.0 Å². The van der Waals surface area contributed by atoms with E-state index in [4.69, 9.17) is 4.74 Å². The predicted molar refractivity (Wildman–Crippen MR) is 103 cm³/mol. The number of likely N-dealkylation sites (N-methyl/N-ethyl adjacent to an activating group) is 1. The van der Waals surface area contributed by atoms with Gasteiger partial charge in [-0.15, -0.1) is 11.8 Å². The Hall–Kier alpha value is -0.420. The Balaban J connectivity index is 2.09. The van der Waals surface area contributed by atoms with Gasteiger partial charge in [-0.2, -0.15) is 0 Å². The summed E-state index contributed by atoms with van der Waals surface area (Å²) in [6, 6.07) is -1.20. The number of hydrogen-bond donors (Lipinski definition) is 5. The van der Waals surface area contributed by atoms with Crippen molar-refractivity contribution in [3.05, 3.63) is 0 Å². The smallest absolute Gasteiger partial charge is 0.237 e. The van der Waals surface area contributed by atoms with Gasteiger partial charge in [-0.25, -0.2) is 0 Å². The first-order valence-electron chi connectivity index (χ1n) is 9.62. The quantitative estimate of drug-likeness (QED) is 0.370. The van der Waals surface area contributed by atoms with E-state index in [0.717, 1.165) is 25.8 Å². The lowest BCUT2D eigenvalue weighted by atomic mass is 9.92. The maximum absolute atomic E-state index is 12.8. The van der Waals surface area contributed by atoms with E-state index in [9.17, 15) is 25.2 Å². The monoisotopic (exact) mass is 406 g/mol. The number of ether oxygens (including phenoxy) is 1. The molecule has 0 aromatic heterocycles. The predicted octanol–water partition coefficient (Wildman–Crippen LogP) is -0.857. The normalized spacial score (nSPS) is 39.9. The molecule has 2 saturated heterocycles. The van der Waals surface area contributed by atoms with Crippen molar-refractivity contribution >= 4 is 17.7 Å². The first-order chi connectivity index (χ1) is 12.7. The van der Waals surface area contributed by atoms with Crippen LogP contribution < -0.4 is 5.32 Å². The SMILES string of the molecule is CCC[C@@H]1C[C@H](C(=O)N[C@@H]([C@@H]2O[C@H](SC)[C@H](O)[C@@H](O)[C@@H]2O)[C@@H](C)O)N(C)C1. The fourth-order valence-electron chi connectivity index (χ4n) is 4.13. The number of carbonyl (C=O) groups is 1. The van der Waals surface area contributed by atoms with Gasteiger partial charge in [0.2, 0.25) is 5.91 Å². The maximum atomic E-state index is 12.8. The number of carbonyl (C=O) groups excluding carboxylic acids is 1. The van der Waals surface area contributed by atoms with Gasteiger partial charge in [0, 0.05) is 6.54 Å². The lowest BCUT2D eigenvalue weighted by molar-refractivity contribution is -0.211. The van der Waals surface area contributed by atoms with Crippen LogP contribution in [0.3, 0.4) is 0 Å². The molecule has 1 amide bonds. The van der Waals surface area contributed by atoms with Gasteiger partial charge in [-0.1, -0.05) is 13.3 Å². The molecule has 0 aromatic rings. The van der Waals surface area contributed by atoms with E-state index in [1.807, 2.05) is 11.9 Å². The number of amides is 1. The van der Waals surface area contributed by atoms with Crippen LogP contribution in [0, 0.1) is 5.92 Å². The standard InChI is InChI=1S/C18H34N2O6S/c1-5-6-10-7-11(20(3)8-10)17(25)19-12(9(2)21)16-14(23)13(22)15(24)18(26-16)27-4/h9-16,18,21-24H,5-8H2,1-4H3,(H,19,25)/t9-,10-,11-,12-,13+,14+,15-,16+,18-/m1/s1. The number of nitrogens with zero attached hydrogens (tertiary/aromatic N) is 1. The maximum Gasteiger partial charge on any atom is 0.237 e. The van der Waals surface area contributed by atoms with E-state index in [2.05, 4.69) is 12.2 Å². The summed E-state index contributed by atoms with van der Waals surface area (Å²) in [4.78, 5) is 14.9. The molecule has 0 radical (unpaired) electrons. The second-order valence-electron chi connectivity index (χ2n) is 7.80. The van der Waals surface area contributed by atoms with Crippen molar-refractivity contribution in [2.24, 2.45) is 5.92 Å². The number of aliphatic hydroxyl groups excluding tert-OH is 4. The summed E-state index contributed by atoms with van der Waals surface area (Å²) >= 11 is 1.20. The number of hydrogen-bond acceptors (Lipinski definition) is 8. The van der Waals surface area contributed by atoms with Gasteiger partial charge in [-0.3, -0.25) is 9.69 Å². The third kappa shape index (κ3) is 5.14. The number of nitrogens with one attached hydrogen (secondary N) is 1. The highest BCUT2D eigenvalue weighted by atomic mass is 32.2. The molecule has 8 nitrogen and oxygen atoms in total. The number of rotatable bonds is 7. The second kappa shape index (κ2) is 9.87. The third-order valence-corrected chi connectivity index (χ3v) is 6.51. The van der Waals surface area contributed by atoms with Crippen molar-refractivity contribution in [2.75, 3.05) is 19.8 Å². The molecule has 0 bridgehead atoms. The highest BCUT2D eigenvalue weighted by Crippen LogP contribution is 2.30. The van der Waals surface area contributed by atoms with Crippen molar-refractivity contribution in [2.45, 2.75) is 81.1 Å². The highest BCUT2D eigenvalue weighted by molar-refractivity contribution is 7.99. The molecule has 5 N–H and O–H groups in total. The molecule has 0 spiro atoms. The Morgan fingerprint density at radius 2 is 1.96 bits per heavy atom. The van der Waals surface area contributed by atoms with Crippen molar-refractivity contribution in [3.8, 4) is 0 Å². The zero-order chi connectivity index (χ0) is 20.3. The van der Waals surface area contributed by atoms with Crippen LogP contribution in [0.1, 0.15) is 33.1 Å². The molecule has 158 valence electrons. The Morgan fingerprint density at radius 1 is 1.30 bits per heavy atom. The van der Waals surface area contributed by atoms with Crippen molar-refractivity contribution in [1.82, 2.24) is 10.2 Å². The van der Waals surface area contributed by atoms with Crippen LogP contribution in [-0.2, 0) is 9.53 Å². The molecule has 0 aromatic carbocycles. The van der Waals surface area contributed by atoms with Gasteiger partial charge in [-0.05, 0) is 39.0 Å². The minimum Gasteiger partial charge on any atom is -0.391 e. The van der Waals surface area contributed by atoms with Crippen molar-refractivity contribution in [1.29, 1.82) is 0 Å². The van der Waals surface area contributed by atoms with Gasteiger partial charge < -0.3 is 30.5 Å². The van der Waals surface area contributed by atoms with Crippen LogP contribution in [-0.4, -0.2) is 99.1 Å². The Bertz CT molecular complexity index is 494. The molecule has 2 aliphatic heterocycles. The van der Waals surface area contributed by atoms with Gasteiger partial charge in [0.1, 0.15) is 29.9 Å². The topological polar surface area (TPSA) is 122 Å². The Kier molecular flexibility index (Phi) is 8.35. The summed E-state index contributed by atoms with van der Waals surface area (Å²) in [5, 5.41) is 43.5. The minimum atomic E-state index is -1.42. The first-order valence-corrected chi connectivity index (χ1v) is 10.9. The van der Waals surface area contributed by atoms with E-state index in [0.29, 0.717) is 5.92 Å². The Morgan fingerprint density at radius 3 is 2.52 bits per heavy atom. The molecule has 2 fully saturated rings. The molecule has 0 unspecified atom stereocenters. The fourth-order valence-corrected chi connectivity index (χ4v) is 4.81.